The Kier molecular flexibility index (Phi) is 6.96. The fourth-order valence-corrected chi connectivity index (χ4v) is 1.26. The number of benzene rings is 1. The molecule has 0 unspecified atom stereocenters. The Morgan fingerprint density at radius 2 is 2.00 bits per heavy atom. The second-order valence-electron chi connectivity index (χ2n) is 2.70. The van der Waals surface area contributed by atoms with Crippen LogP contribution in [-0.2, 0) is 4.84 Å². The van der Waals surface area contributed by atoms with Gasteiger partial charge in [0.15, 0.2) is 5.69 Å². The van der Waals surface area contributed by atoms with E-state index in [4.69, 9.17) is 16.4 Å². The second kappa shape index (κ2) is 7.40. The van der Waals surface area contributed by atoms with E-state index in [2.05, 4.69) is 0 Å². The van der Waals surface area contributed by atoms with Crippen molar-refractivity contribution in [2.24, 2.45) is 0 Å². The maximum Gasteiger partial charge on any atom is 0.252 e. The molecule has 2 N–H and O–H groups in total. The Balaban J connectivity index is 0.000000921. The van der Waals surface area contributed by atoms with Crippen LogP contribution in [0.3, 0.4) is 0 Å². The lowest BCUT2D eigenvalue weighted by Gasteiger charge is -2.01. The number of quaternary nitrogens is 1. The molecular weight excluding hydrogens is 214 g/mol. The lowest BCUT2D eigenvalue weighted by atomic mass is 10.1. The van der Waals surface area contributed by atoms with Gasteiger partial charge in [0, 0.05) is 17.7 Å². The van der Waals surface area contributed by atoms with Crippen molar-refractivity contribution in [3.8, 4) is 0 Å². The summed E-state index contributed by atoms with van der Waals surface area (Å²) in [5.74, 6) is 0. The lowest BCUT2D eigenvalue weighted by molar-refractivity contribution is -0.830. The van der Waals surface area contributed by atoms with Crippen molar-refractivity contribution < 1.29 is 15.1 Å². The van der Waals surface area contributed by atoms with E-state index in [1.807, 2.05) is 32.9 Å². The van der Waals surface area contributed by atoms with E-state index in [-0.39, 0.29) is 0 Å². The molecule has 0 saturated heterocycles. The molecule has 4 heteroatoms. The number of aryl methyl sites for hydroxylation is 1. The van der Waals surface area contributed by atoms with Crippen LogP contribution in [0.25, 0.3) is 0 Å². The third-order valence-corrected chi connectivity index (χ3v) is 1.93. The highest BCUT2D eigenvalue weighted by Gasteiger charge is 2.08. The predicted molar refractivity (Wildman–Crippen MR) is 61.3 cm³/mol. The Bertz CT molecular complexity index is 326. The summed E-state index contributed by atoms with van der Waals surface area (Å²) in [6.45, 7) is 5.84. The van der Waals surface area contributed by atoms with Crippen molar-refractivity contribution in [2.45, 2.75) is 20.8 Å². The average Bonchev–Trinajstić information content (AvgIpc) is 2.24. The van der Waals surface area contributed by atoms with Gasteiger partial charge in [-0.25, -0.2) is 4.84 Å². The molecule has 0 heterocycles. The second-order valence-corrected chi connectivity index (χ2v) is 3.04. The third kappa shape index (κ3) is 4.42. The molecule has 84 valence electrons. The van der Waals surface area contributed by atoms with Gasteiger partial charge in [-0.05, 0) is 24.1 Å². The summed E-state index contributed by atoms with van der Waals surface area (Å²) >= 11 is 5.39. The standard InChI is InChI=1S/C9H10ClNO2.C2H6/c1-6-3-4-7(11-13-2)5-8(6)9(10)12;1-2/h3-5,11H,1-2H3;1-2H3/p+1. The van der Waals surface area contributed by atoms with Crippen molar-refractivity contribution in [1.29, 1.82) is 0 Å². The third-order valence-electron chi connectivity index (χ3n) is 1.73. The molecule has 1 aromatic rings. The fourth-order valence-electron chi connectivity index (χ4n) is 1.06. The molecule has 0 fully saturated rings. The van der Waals surface area contributed by atoms with Crippen LogP contribution in [0.1, 0.15) is 29.8 Å². The van der Waals surface area contributed by atoms with E-state index in [0.29, 0.717) is 5.56 Å². The lowest BCUT2D eigenvalue weighted by Crippen LogP contribution is -2.75. The van der Waals surface area contributed by atoms with Crippen LogP contribution in [-0.4, -0.2) is 12.4 Å². The normalized spacial score (nSPS) is 9.13. The molecule has 0 saturated carbocycles. The van der Waals surface area contributed by atoms with Crippen molar-refractivity contribution in [1.82, 2.24) is 0 Å². The van der Waals surface area contributed by atoms with Gasteiger partial charge in [0.1, 0.15) is 0 Å². The molecule has 0 aliphatic rings. The van der Waals surface area contributed by atoms with Gasteiger partial charge >= 0.3 is 0 Å². The quantitative estimate of drug-likeness (QED) is 0.491. The number of rotatable bonds is 3. The number of hydrogen-bond donors (Lipinski definition) is 1. The van der Waals surface area contributed by atoms with Crippen LogP contribution in [0, 0.1) is 6.92 Å². The predicted octanol–water partition coefficient (Wildman–Crippen LogP) is 2.16. The minimum absolute atomic E-state index is 0.441. The van der Waals surface area contributed by atoms with Crippen LogP contribution >= 0.6 is 11.6 Å². The minimum Gasteiger partial charge on any atom is -0.276 e. The van der Waals surface area contributed by atoms with Gasteiger partial charge in [-0.1, -0.05) is 19.9 Å². The highest BCUT2D eigenvalue weighted by atomic mass is 35.5. The van der Waals surface area contributed by atoms with Crippen molar-refractivity contribution in [2.75, 3.05) is 7.11 Å². The summed E-state index contributed by atoms with van der Waals surface area (Å²) in [5.41, 5.74) is 3.78. The molecule has 1 rings (SSSR count). The highest BCUT2D eigenvalue weighted by Crippen LogP contribution is 2.13. The van der Waals surface area contributed by atoms with Crippen molar-refractivity contribution in [3.63, 3.8) is 0 Å². The van der Waals surface area contributed by atoms with Gasteiger partial charge in [0.2, 0.25) is 0 Å². The van der Waals surface area contributed by atoms with E-state index < -0.39 is 5.24 Å². The molecule has 3 nitrogen and oxygen atoms in total. The molecule has 15 heavy (non-hydrogen) atoms. The topological polar surface area (TPSA) is 42.9 Å². The van der Waals surface area contributed by atoms with Crippen LogP contribution in [0.2, 0.25) is 0 Å². The van der Waals surface area contributed by atoms with Crippen LogP contribution < -0.4 is 5.48 Å². The van der Waals surface area contributed by atoms with Gasteiger partial charge in [-0.3, -0.25) is 4.79 Å². The van der Waals surface area contributed by atoms with Gasteiger partial charge in [0.05, 0.1) is 7.11 Å². The number of carbonyl (C=O) groups is 1. The zero-order valence-corrected chi connectivity index (χ0v) is 10.3. The Hall–Kier alpha value is -0.900. The van der Waals surface area contributed by atoms with Gasteiger partial charge in [-0.2, -0.15) is 5.48 Å². The Morgan fingerprint density at radius 3 is 2.47 bits per heavy atom. The fraction of sp³-hybridized carbons (Fsp3) is 0.364. The van der Waals surface area contributed by atoms with E-state index >= 15 is 0 Å². The van der Waals surface area contributed by atoms with Crippen LogP contribution in [0.4, 0.5) is 5.69 Å². The number of nitrogens with two attached hydrogens (primary N) is 1. The first-order valence-corrected chi connectivity index (χ1v) is 5.19. The molecule has 0 spiro atoms. The average molecular weight is 231 g/mol. The minimum atomic E-state index is -0.441. The van der Waals surface area contributed by atoms with Crippen molar-refractivity contribution in [3.05, 3.63) is 29.3 Å². The molecule has 1 aromatic carbocycles. The maximum absolute atomic E-state index is 10.9. The van der Waals surface area contributed by atoms with E-state index in [1.165, 1.54) is 0 Å². The van der Waals surface area contributed by atoms with E-state index in [9.17, 15) is 4.79 Å². The number of hydrogen-bond acceptors (Lipinski definition) is 2. The molecule has 0 atom stereocenters. The van der Waals surface area contributed by atoms with Gasteiger partial charge in [0.25, 0.3) is 5.24 Å². The van der Waals surface area contributed by atoms with Crippen molar-refractivity contribution >= 4 is 22.5 Å². The van der Waals surface area contributed by atoms with Crippen LogP contribution in [0.5, 0.6) is 0 Å². The molecule has 0 aliphatic carbocycles. The molecule has 0 radical (unpaired) electrons. The summed E-state index contributed by atoms with van der Waals surface area (Å²) in [6.07, 6.45) is 0. The number of carbonyl (C=O) groups excluding carboxylic acids is 1. The summed E-state index contributed by atoms with van der Waals surface area (Å²) in [7, 11) is 1.56. The van der Waals surface area contributed by atoms with E-state index in [1.54, 1.807) is 18.7 Å². The molecular formula is C11H17ClNO2+. The highest BCUT2D eigenvalue weighted by molar-refractivity contribution is 6.67. The Morgan fingerprint density at radius 1 is 1.40 bits per heavy atom. The first-order valence-electron chi connectivity index (χ1n) is 4.81. The first kappa shape index (κ1) is 14.1. The molecule has 0 aromatic heterocycles. The van der Waals surface area contributed by atoms with Gasteiger partial charge in [-0.15, -0.1) is 0 Å². The molecule has 0 bridgehead atoms. The smallest absolute Gasteiger partial charge is 0.252 e. The molecule has 0 amide bonds. The maximum atomic E-state index is 10.9. The summed E-state index contributed by atoms with van der Waals surface area (Å²) in [5, 5.41) is -0.441. The zero-order valence-electron chi connectivity index (χ0n) is 9.50. The summed E-state index contributed by atoms with van der Waals surface area (Å²) in [4.78, 5) is 15.8. The summed E-state index contributed by atoms with van der Waals surface area (Å²) in [6, 6.07) is 5.40. The SMILES string of the molecule is CC.CO[NH2+]c1ccc(C)c(C(=O)Cl)c1. The monoisotopic (exact) mass is 230 g/mol. The Labute approximate surface area is 95.3 Å². The largest absolute Gasteiger partial charge is 0.276 e. The first-order chi connectivity index (χ1) is 7.15. The number of halogens is 1. The van der Waals surface area contributed by atoms with Gasteiger partial charge < -0.3 is 0 Å². The van der Waals surface area contributed by atoms with Crippen LogP contribution in [0.15, 0.2) is 18.2 Å². The summed E-state index contributed by atoms with van der Waals surface area (Å²) < 4.78 is 0. The van der Waals surface area contributed by atoms with E-state index in [0.717, 1.165) is 11.3 Å². The zero-order chi connectivity index (χ0) is 11.8. The molecule has 0 aliphatic heterocycles.